The molecule has 1 atom stereocenters. The van der Waals surface area contributed by atoms with Gasteiger partial charge in [0.2, 0.25) is 0 Å². The van der Waals surface area contributed by atoms with Crippen LogP contribution in [0.15, 0.2) is 65.8 Å². The number of amides is 1. The monoisotopic (exact) mass is 399 g/mol. The van der Waals surface area contributed by atoms with Crippen LogP contribution in [0.2, 0.25) is 0 Å². The van der Waals surface area contributed by atoms with Gasteiger partial charge in [-0.15, -0.1) is 0 Å². The number of nitrogens with one attached hydrogen (secondary N) is 1. The molecule has 0 fully saturated rings. The Balaban J connectivity index is 1.50. The highest BCUT2D eigenvalue weighted by molar-refractivity contribution is 5.99. The number of hydrogen-bond acceptors (Lipinski definition) is 3. The van der Waals surface area contributed by atoms with Gasteiger partial charge in [-0.2, -0.15) is 5.10 Å². The van der Waals surface area contributed by atoms with Crippen molar-refractivity contribution in [1.29, 1.82) is 0 Å². The standard InChI is InChI=1S/C26H29N3O/c1-5-29-24-13-10-19(14-23(24)18(2)16-26(29,3)4)17-27-28-25(30)22-12-11-20-8-6-7-9-21(20)15-22/h6-15,17-18H,5,16H2,1-4H3,(H,28,30)/b27-17+. The van der Waals surface area contributed by atoms with Gasteiger partial charge in [-0.05, 0) is 79.3 Å². The van der Waals surface area contributed by atoms with Crippen LogP contribution in [0.1, 0.15) is 61.5 Å². The Morgan fingerprint density at radius 2 is 1.90 bits per heavy atom. The first kappa shape index (κ1) is 20.1. The van der Waals surface area contributed by atoms with Crippen LogP contribution >= 0.6 is 0 Å². The molecule has 3 aromatic carbocycles. The zero-order valence-electron chi connectivity index (χ0n) is 18.1. The van der Waals surface area contributed by atoms with E-state index in [1.54, 1.807) is 6.21 Å². The number of fused-ring (bicyclic) bond motifs is 2. The summed E-state index contributed by atoms with van der Waals surface area (Å²) in [5, 5.41) is 6.36. The van der Waals surface area contributed by atoms with Gasteiger partial charge in [0.1, 0.15) is 0 Å². The van der Waals surface area contributed by atoms with Crippen LogP contribution in [0.5, 0.6) is 0 Å². The molecular weight excluding hydrogens is 370 g/mol. The van der Waals surface area contributed by atoms with Crippen LogP contribution in [0, 0.1) is 0 Å². The Labute approximate surface area is 178 Å². The van der Waals surface area contributed by atoms with E-state index in [0.29, 0.717) is 11.5 Å². The Hall–Kier alpha value is -3.14. The van der Waals surface area contributed by atoms with Crippen molar-refractivity contribution in [3.63, 3.8) is 0 Å². The Bertz CT molecular complexity index is 1120. The summed E-state index contributed by atoms with van der Waals surface area (Å²) in [4.78, 5) is 15.0. The number of hydrogen-bond donors (Lipinski definition) is 1. The van der Waals surface area contributed by atoms with Crippen LogP contribution in [0.25, 0.3) is 10.8 Å². The molecule has 3 aromatic rings. The molecule has 4 rings (SSSR count). The lowest BCUT2D eigenvalue weighted by molar-refractivity contribution is 0.0955. The predicted octanol–water partition coefficient (Wildman–Crippen LogP) is 5.72. The lowest BCUT2D eigenvalue weighted by Crippen LogP contribution is -2.48. The zero-order valence-corrected chi connectivity index (χ0v) is 18.1. The molecule has 1 aliphatic rings. The molecule has 1 unspecified atom stereocenters. The van der Waals surface area contributed by atoms with E-state index in [9.17, 15) is 4.79 Å². The molecule has 154 valence electrons. The molecule has 1 aliphatic heterocycles. The average molecular weight is 400 g/mol. The first-order valence-corrected chi connectivity index (χ1v) is 10.6. The molecule has 0 aromatic heterocycles. The van der Waals surface area contributed by atoms with E-state index in [-0.39, 0.29) is 11.4 Å². The lowest BCUT2D eigenvalue weighted by atomic mass is 9.79. The first-order chi connectivity index (χ1) is 14.4. The van der Waals surface area contributed by atoms with E-state index in [1.807, 2.05) is 42.5 Å². The van der Waals surface area contributed by atoms with Gasteiger partial charge in [0, 0.05) is 23.3 Å². The topological polar surface area (TPSA) is 44.7 Å². The molecule has 1 N–H and O–H groups in total. The van der Waals surface area contributed by atoms with Gasteiger partial charge in [0.25, 0.3) is 5.91 Å². The van der Waals surface area contributed by atoms with E-state index in [2.05, 4.69) is 61.3 Å². The summed E-state index contributed by atoms with van der Waals surface area (Å²) in [6, 6.07) is 20.1. The van der Waals surface area contributed by atoms with Gasteiger partial charge < -0.3 is 4.90 Å². The van der Waals surface area contributed by atoms with Gasteiger partial charge in [-0.1, -0.05) is 43.3 Å². The van der Waals surface area contributed by atoms with Crippen LogP contribution in [0.3, 0.4) is 0 Å². The highest BCUT2D eigenvalue weighted by Crippen LogP contribution is 2.43. The van der Waals surface area contributed by atoms with Crippen LogP contribution in [0.4, 0.5) is 5.69 Å². The van der Waals surface area contributed by atoms with Gasteiger partial charge in [-0.25, -0.2) is 5.43 Å². The third-order valence-electron chi connectivity index (χ3n) is 6.12. The van der Waals surface area contributed by atoms with Crippen LogP contribution in [-0.4, -0.2) is 24.2 Å². The molecule has 4 nitrogen and oxygen atoms in total. The summed E-state index contributed by atoms with van der Waals surface area (Å²) in [6.07, 6.45) is 2.84. The minimum atomic E-state index is -0.206. The number of hydrazone groups is 1. The first-order valence-electron chi connectivity index (χ1n) is 10.6. The molecule has 4 heteroatoms. The predicted molar refractivity (Wildman–Crippen MR) is 126 cm³/mol. The van der Waals surface area contributed by atoms with Gasteiger partial charge in [0.15, 0.2) is 0 Å². The SMILES string of the molecule is CCN1c2ccc(/C=N/NC(=O)c3ccc4ccccc4c3)cc2C(C)CC1(C)C. The summed E-state index contributed by atoms with van der Waals surface area (Å²) in [5.74, 6) is 0.278. The largest absolute Gasteiger partial charge is 0.366 e. The number of carbonyl (C=O) groups excluding carboxylic acids is 1. The Morgan fingerprint density at radius 1 is 1.13 bits per heavy atom. The molecule has 1 heterocycles. The molecule has 1 amide bonds. The molecule has 0 saturated carbocycles. The van der Waals surface area contributed by atoms with Crippen molar-refractivity contribution in [1.82, 2.24) is 5.43 Å². The second kappa shape index (κ2) is 7.94. The summed E-state index contributed by atoms with van der Waals surface area (Å²) in [7, 11) is 0. The quantitative estimate of drug-likeness (QED) is 0.451. The maximum Gasteiger partial charge on any atom is 0.271 e. The minimum absolute atomic E-state index is 0.157. The molecule has 0 saturated heterocycles. The van der Waals surface area contributed by atoms with E-state index >= 15 is 0 Å². The molecule has 0 radical (unpaired) electrons. The lowest BCUT2D eigenvalue weighted by Gasteiger charge is -2.47. The molecular formula is C26H29N3O. The highest BCUT2D eigenvalue weighted by Gasteiger charge is 2.35. The van der Waals surface area contributed by atoms with Crippen LogP contribution < -0.4 is 10.3 Å². The normalized spacial score (nSPS) is 17.9. The fraction of sp³-hybridized carbons (Fsp3) is 0.308. The van der Waals surface area contributed by atoms with Crippen molar-refractivity contribution in [2.24, 2.45) is 5.10 Å². The van der Waals surface area contributed by atoms with Crippen molar-refractivity contribution in [3.05, 3.63) is 77.4 Å². The minimum Gasteiger partial charge on any atom is -0.366 e. The van der Waals surface area contributed by atoms with Gasteiger partial charge >= 0.3 is 0 Å². The highest BCUT2D eigenvalue weighted by atomic mass is 16.2. The van der Waals surface area contributed by atoms with Gasteiger partial charge in [0.05, 0.1) is 6.21 Å². The van der Waals surface area contributed by atoms with E-state index in [4.69, 9.17) is 0 Å². The summed E-state index contributed by atoms with van der Waals surface area (Å²) in [5.41, 5.74) is 7.06. The van der Waals surface area contributed by atoms with Gasteiger partial charge in [-0.3, -0.25) is 4.79 Å². The summed E-state index contributed by atoms with van der Waals surface area (Å²) in [6.45, 7) is 10.1. The number of anilines is 1. The zero-order chi connectivity index (χ0) is 21.3. The number of nitrogens with zero attached hydrogens (tertiary/aromatic N) is 2. The average Bonchev–Trinajstić information content (AvgIpc) is 2.73. The smallest absolute Gasteiger partial charge is 0.271 e. The fourth-order valence-corrected chi connectivity index (χ4v) is 4.75. The van der Waals surface area contributed by atoms with Crippen molar-refractivity contribution < 1.29 is 4.79 Å². The number of benzene rings is 3. The van der Waals surface area contributed by atoms with Crippen molar-refractivity contribution in [2.75, 3.05) is 11.4 Å². The van der Waals surface area contributed by atoms with Crippen molar-refractivity contribution in [3.8, 4) is 0 Å². The summed E-state index contributed by atoms with van der Waals surface area (Å²) >= 11 is 0. The van der Waals surface area contributed by atoms with Crippen molar-refractivity contribution >= 4 is 28.6 Å². The Kier molecular flexibility index (Phi) is 5.33. The van der Waals surface area contributed by atoms with E-state index in [0.717, 1.165) is 29.3 Å². The third kappa shape index (κ3) is 3.82. The maximum atomic E-state index is 12.5. The molecule has 30 heavy (non-hydrogen) atoms. The number of carbonyl (C=O) groups is 1. The third-order valence-corrected chi connectivity index (χ3v) is 6.12. The Morgan fingerprint density at radius 3 is 2.67 bits per heavy atom. The van der Waals surface area contributed by atoms with Crippen LogP contribution in [-0.2, 0) is 0 Å². The molecule has 0 aliphatic carbocycles. The molecule has 0 spiro atoms. The van der Waals surface area contributed by atoms with E-state index < -0.39 is 0 Å². The van der Waals surface area contributed by atoms with Crippen molar-refractivity contribution in [2.45, 2.75) is 45.6 Å². The number of rotatable bonds is 4. The maximum absolute atomic E-state index is 12.5. The van der Waals surface area contributed by atoms with E-state index in [1.165, 1.54) is 11.3 Å². The second-order valence-electron chi connectivity index (χ2n) is 8.74. The molecule has 0 bridgehead atoms. The summed E-state index contributed by atoms with van der Waals surface area (Å²) < 4.78 is 0. The second-order valence-corrected chi connectivity index (χ2v) is 8.74. The fourth-order valence-electron chi connectivity index (χ4n) is 4.75.